The number of amides is 1. The molecule has 1 N–H and O–H groups in total. The van der Waals surface area contributed by atoms with Crippen molar-refractivity contribution in [3.8, 4) is 12.3 Å². The molecule has 86 valence electrons. The molecule has 1 heterocycles. The lowest BCUT2D eigenvalue weighted by molar-refractivity contribution is 0.0914. The van der Waals surface area contributed by atoms with Crippen LogP contribution in [0.2, 0.25) is 0 Å². The second-order valence-electron chi connectivity index (χ2n) is 3.63. The Morgan fingerprint density at radius 1 is 1.62 bits per heavy atom. The molecule has 0 saturated carbocycles. The minimum absolute atomic E-state index is 0.244. The van der Waals surface area contributed by atoms with Gasteiger partial charge in [-0.1, -0.05) is 19.3 Å². The third-order valence-electron chi connectivity index (χ3n) is 2.19. The number of aromatic nitrogens is 1. The van der Waals surface area contributed by atoms with Crippen LogP contribution >= 0.6 is 0 Å². The van der Waals surface area contributed by atoms with Crippen molar-refractivity contribution >= 4 is 5.91 Å². The molecule has 1 unspecified atom stereocenters. The third-order valence-corrected chi connectivity index (χ3v) is 2.19. The molecule has 1 aromatic rings. The van der Waals surface area contributed by atoms with E-state index < -0.39 is 0 Å². The summed E-state index contributed by atoms with van der Waals surface area (Å²) in [5.74, 6) is 2.97. The first kappa shape index (κ1) is 12.3. The number of nitrogens with zero attached hydrogens (tertiary/aromatic N) is 1. The maximum Gasteiger partial charge on any atom is 0.289 e. The van der Waals surface area contributed by atoms with Crippen molar-refractivity contribution in [2.45, 2.75) is 39.7 Å². The van der Waals surface area contributed by atoms with Crippen LogP contribution in [0.1, 0.15) is 41.9 Å². The molecule has 4 nitrogen and oxygen atoms in total. The Bertz CT molecular complexity index is 415. The highest BCUT2D eigenvalue weighted by molar-refractivity contribution is 5.92. The molecule has 0 aliphatic carbocycles. The normalized spacial score (nSPS) is 11.9. The summed E-state index contributed by atoms with van der Waals surface area (Å²) < 4.78 is 5.21. The van der Waals surface area contributed by atoms with Gasteiger partial charge in [-0.15, -0.1) is 6.42 Å². The minimum Gasteiger partial charge on any atom is -0.436 e. The van der Waals surface area contributed by atoms with Crippen molar-refractivity contribution < 1.29 is 9.21 Å². The molecule has 0 saturated heterocycles. The Hall–Kier alpha value is -1.76. The largest absolute Gasteiger partial charge is 0.436 e. The van der Waals surface area contributed by atoms with Gasteiger partial charge in [-0.25, -0.2) is 4.98 Å². The molecule has 0 radical (unpaired) electrons. The monoisotopic (exact) mass is 220 g/mol. The summed E-state index contributed by atoms with van der Waals surface area (Å²) >= 11 is 0. The highest BCUT2D eigenvalue weighted by atomic mass is 16.4. The van der Waals surface area contributed by atoms with Gasteiger partial charge in [0.25, 0.3) is 5.91 Å². The van der Waals surface area contributed by atoms with Gasteiger partial charge in [-0.2, -0.15) is 0 Å². The SMILES string of the molecule is C#CC(CCC)NC(=O)c1oc(C)nc1C. The Kier molecular flexibility index (Phi) is 4.12. The Balaban J connectivity index is 2.72. The number of hydrogen-bond acceptors (Lipinski definition) is 3. The summed E-state index contributed by atoms with van der Waals surface area (Å²) in [7, 11) is 0. The predicted molar refractivity (Wildman–Crippen MR) is 61.0 cm³/mol. The zero-order valence-electron chi connectivity index (χ0n) is 9.83. The van der Waals surface area contributed by atoms with Gasteiger partial charge in [0.1, 0.15) is 0 Å². The van der Waals surface area contributed by atoms with E-state index in [0.717, 1.165) is 12.8 Å². The molecule has 0 aromatic carbocycles. The van der Waals surface area contributed by atoms with E-state index >= 15 is 0 Å². The second kappa shape index (κ2) is 5.36. The summed E-state index contributed by atoms with van der Waals surface area (Å²) in [6, 6.07) is -0.248. The van der Waals surface area contributed by atoms with Crippen LogP contribution in [0.15, 0.2) is 4.42 Å². The molecule has 4 heteroatoms. The summed E-state index contributed by atoms with van der Waals surface area (Å²) in [6.07, 6.45) is 7.00. The topological polar surface area (TPSA) is 55.1 Å². The Morgan fingerprint density at radius 3 is 2.75 bits per heavy atom. The van der Waals surface area contributed by atoms with E-state index in [9.17, 15) is 4.79 Å². The molecule has 0 bridgehead atoms. The van der Waals surface area contributed by atoms with Gasteiger partial charge < -0.3 is 9.73 Å². The minimum atomic E-state index is -0.297. The van der Waals surface area contributed by atoms with Crippen molar-refractivity contribution in [2.75, 3.05) is 0 Å². The fourth-order valence-electron chi connectivity index (χ4n) is 1.45. The van der Waals surface area contributed by atoms with Gasteiger partial charge >= 0.3 is 0 Å². The van der Waals surface area contributed by atoms with E-state index in [1.54, 1.807) is 13.8 Å². The van der Waals surface area contributed by atoms with E-state index in [4.69, 9.17) is 10.8 Å². The van der Waals surface area contributed by atoms with Crippen LogP contribution in [0.3, 0.4) is 0 Å². The van der Waals surface area contributed by atoms with Gasteiger partial charge in [0.15, 0.2) is 5.89 Å². The maximum atomic E-state index is 11.8. The van der Waals surface area contributed by atoms with Crippen LogP contribution in [0.4, 0.5) is 0 Å². The predicted octanol–water partition coefficient (Wildman–Crippen LogP) is 1.82. The lowest BCUT2D eigenvalue weighted by Gasteiger charge is -2.10. The van der Waals surface area contributed by atoms with Crippen LogP contribution in [-0.4, -0.2) is 16.9 Å². The maximum absolute atomic E-state index is 11.8. The molecule has 1 rings (SSSR count). The van der Waals surface area contributed by atoms with Crippen molar-refractivity contribution in [3.63, 3.8) is 0 Å². The molecular formula is C12H16N2O2. The van der Waals surface area contributed by atoms with Crippen LogP contribution in [-0.2, 0) is 0 Å². The average molecular weight is 220 g/mol. The fourth-order valence-corrected chi connectivity index (χ4v) is 1.45. The highest BCUT2D eigenvalue weighted by Gasteiger charge is 2.18. The van der Waals surface area contributed by atoms with Crippen molar-refractivity contribution in [1.82, 2.24) is 10.3 Å². The molecule has 0 fully saturated rings. The number of hydrogen-bond donors (Lipinski definition) is 1. The van der Waals surface area contributed by atoms with Gasteiger partial charge in [0.2, 0.25) is 5.76 Å². The summed E-state index contributed by atoms with van der Waals surface area (Å²) in [4.78, 5) is 15.8. The van der Waals surface area contributed by atoms with Gasteiger partial charge in [-0.3, -0.25) is 4.79 Å². The quantitative estimate of drug-likeness (QED) is 0.787. The number of carbonyl (C=O) groups is 1. The highest BCUT2D eigenvalue weighted by Crippen LogP contribution is 2.09. The van der Waals surface area contributed by atoms with Crippen LogP contribution in [0, 0.1) is 26.2 Å². The lowest BCUT2D eigenvalue weighted by atomic mass is 10.2. The molecule has 0 spiro atoms. The van der Waals surface area contributed by atoms with Crippen LogP contribution in [0.5, 0.6) is 0 Å². The Labute approximate surface area is 95.4 Å². The molecule has 0 aliphatic rings. The third kappa shape index (κ3) is 2.86. The molecule has 1 atom stereocenters. The number of terminal acetylenes is 1. The first-order valence-electron chi connectivity index (χ1n) is 5.29. The first-order valence-corrected chi connectivity index (χ1v) is 5.29. The molecule has 1 aromatic heterocycles. The number of oxazole rings is 1. The summed E-state index contributed by atoms with van der Waals surface area (Å²) in [5.41, 5.74) is 0.585. The van der Waals surface area contributed by atoms with E-state index in [1.165, 1.54) is 0 Å². The second-order valence-corrected chi connectivity index (χ2v) is 3.63. The van der Waals surface area contributed by atoms with Crippen LogP contribution in [0.25, 0.3) is 0 Å². The zero-order valence-corrected chi connectivity index (χ0v) is 9.83. The number of nitrogens with one attached hydrogen (secondary N) is 1. The Morgan fingerprint density at radius 2 is 2.31 bits per heavy atom. The summed E-state index contributed by atoms with van der Waals surface area (Å²) in [6.45, 7) is 5.45. The van der Waals surface area contributed by atoms with Gasteiger partial charge in [0, 0.05) is 6.92 Å². The average Bonchev–Trinajstić information content (AvgIpc) is 2.57. The van der Waals surface area contributed by atoms with E-state index in [-0.39, 0.29) is 17.7 Å². The van der Waals surface area contributed by atoms with Crippen LogP contribution < -0.4 is 5.32 Å². The van der Waals surface area contributed by atoms with E-state index in [2.05, 4.69) is 16.2 Å². The molecule has 16 heavy (non-hydrogen) atoms. The van der Waals surface area contributed by atoms with E-state index in [1.807, 2.05) is 6.92 Å². The van der Waals surface area contributed by atoms with Crippen molar-refractivity contribution in [3.05, 3.63) is 17.3 Å². The van der Waals surface area contributed by atoms with E-state index in [0.29, 0.717) is 11.6 Å². The van der Waals surface area contributed by atoms with Gasteiger partial charge in [0.05, 0.1) is 11.7 Å². The molecular weight excluding hydrogens is 204 g/mol. The molecule has 1 amide bonds. The lowest BCUT2D eigenvalue weighted by Crippen LogP contribution is -2.33. The van der Waals surface area contributed by atoms with Crippen molar-refractivity contribution in [1.29, 1.82) is 0 Å². The summed E-state index contributed by atoms with van der Waals surface area (Å²) in [5, 5.41) is 2.73. The first-order chi connectivity index (χ1) is 7.58. The fraction of sp³-hybridized carbons (Fsp3) is 0.500. The number of carbonyl (C=O) groups excluding carboxylic acids is 1. The van der Waals surface area contributed by atoms with Gasteiger partial charge in [-0.05, 0) is 13.3 Å². The standard InChI is InChI=1S/C12H16N2O2/c1-5-7-10(6-2)14-12(15)11-8(3)13-9(4)16-11/h2,10H,5,7H2,1,3-4H3,(H,14,15). The number of aryl methyl sites for hydroxylation is 2. The van der Waals surface area contributed by atoms with Crippen molar-refractivity contribution in [2.24, 2.45) is 0 Å². The smallest absolute Gasteiger partial charge is 0.289 e. The number of rotatable bonds is 4. The molecule has 0 aliphatic heterocycles. The zero-order chi connectivity index (χ0) is 12.1.